The predicted octanol–water partition coefficient (Wildman–Crippen LogP) is 1.53. The number of sulfonamides is 1. The van der Waals surface area contributed by atoms with E-state index < -0.39 is 15.8 Å². The van der Waals surface area contributed by atoms with Crippen molar-refractivity contribution in [3.8, 4) is 11.8 Å². The van der Waals surface area contributed by atoms with Crippen molar-refractivity contribution in [1.82, 2.24) is 4.72 Å². The van der Waals surface area contributed by atoms with Gasteiger partial charge in [0.05, 0.1) is 5.25 Å². The van der Waals surface area contributed by atoms with Crippen molar-refractivity contribution in [2.24, 2.45) is 0 Å². The smallest absolute Gasteiger partial charge is 0.214 e. The molecule has 1 aliphatic rings. The summed E-state index contributed by atoms with van der Waals surface area (Å²) in [5.41, 5.74) is 0.793. The molecule has 1 aromatic carbocycles. The SMILES string of the molecule is O=S(=O)(NCc1cc(C#CCO)ccc1F)C1CCCC1. The van der Waals surface area contributed by atoms with Gasteiger partial charge in [0, 0.05) is 17.7 Å². The van der Waals surface area contributed by atoms with Crippen LogP contribution in [-0.2, 0) is 16.6 Å². The van der Waals surface area contributed by atoms with Gasteiger partial charge in [0.2, 0.25) is 10.0 Å². The van der Waals surface area contributed by atoms with Crippen LogP contribution in [0.15, 0.2) is 18.2 Å². The maximum atomic E-state index is 13.7. The van der Waals surface area contributed by atoms with E-state index in [-0.39, 0.29) is 24.0 Å². The van der Waals surface area contributed by atoms with Gasteiger partial charge in [-0.2, -0.15) is 0 Å². The zero-order chi connectivity index (χ0) is 15.3. The number of nitrogens with one attached hydrogen (secondary N) is 1. The van der Waals surface area contributed by atoms with Gasteiger partial charge in [0.25, 0.3) is 0 Å². The fourth-order valence-corrected chi connectivity index (χ4v) is 3.97. The van der Waals surface area contributed by atoms with Crippen molar-refractivity contribution in [3.63, 3.8) is 0 Å². The molecule has 114 valence electrons. The van der Waals surface area contributed by atoms with Crippen molar-refractivity contribution < 1.29 is 17.9 Å². The van der Waals surface area contributed by atoms with Crippen LogP contribution >= 0.6 is 0 Å². The van der Waals surface area contributed by atoms with Gasteiger partial charge in [-0.1, -0.05) is 24.7 Å². The summed E-state index contributed by atoms with van der Waals surface area (Å²) in [5.74, 6) is 4.67. The molecular formula is C15H18FNO3S. The molecule has 0 aromatic heterocycles. The summed E-state index contributed by atoms with van der Waals surface area (Å²) < 4.78 is 40.3. The first kappa shape index (κ1) is 16.0. The third kappa shape index (κ3) is 4.27. The molecule has 0 bridgehead atoms. The van der Waals surface area contributed by atoms with Crippen LogP contribution in [0.3, 0.4) is 0 Å². The molecule has 0 saturated heterocycles. The van der Waals surface area contributed by atoms with Crippen LogP contribution in [0.25, 0.3) is 0 Å². The molecule has 21 heavy (non-hydrogen) atoms. The maximum absolute atomic E-state index is 13.7. The molecule has 0 radical (unpaired) electrons. The number of hydrogen-bond acceptors (Lipinski definition) is 3. The Labute approximate surface area is 124 Å². The van der Waals surface area contributed by atoms with E-state index in [1.165, 1.54) is 18.2 Å². The second kappa shape index (κ2) is 7.03. The van der Waals surface area contributed by atoms with Crippen LogP contribution in [0.2, 0.25) is 0 Å². The molecule has 6 heteroatoms. The van der Waals surface area contributed by atoms with E-state index in [1.54, 1.807) is 0 Å². The Morgan fingerprint density at radius 3 is 2.71 bits per heavy atom. The lowest BCUT2D eigenvalue weighted by Crippen LogP contribution is -2.32. The van der Waals surface area contributed by atoms with Gasteiger partial charge in [-0.25, -0.2) is 17.5 Å². The van der Waals surface area contributed by atoms with Gasteiger partial charge in [-0.05, 0) is 31.0 Å². The van der Waals surface area contributed by atoms with Crippen molar-refractivity contribution in [3.05, 3.63) is 35.1 Å². The Morgan fingerprint density at radius 2 is 2.05 bits per heavy atom. The number of benzene rings is 1. The minimum absolute atomic E-state index is 0.0840. The van der Waals surface area contributed by atoms with E-state index in [0.29, 0.717) is 18.4 Å². The van der Waals surface area contributed by atoms with E-state index in [9.17, 15) is 12.8 Å². The first-order chi connectivity index (χ1) is 10.0. The lowest BCUT2D eigenvalue weighted by Gasteiger charge is -2.12. The van der Waals surface area contributed by atoms with E-state index in [1.807, 2.05) is 0 Å². The Kier molecular flexibility index (Phi) is 5.34. The van der Waals surface area contributed by atoms with E-state index in [2.05, 4.69) is 16.6 Å². The fourth-order valence-electron chi connectivity index (χ4n) is 2.42. The normalized spacial score (nSPS) is 15.7. The zero-order valence-corrected chi connectivity index (χ0v) is 12.4. The highest BCUT2D eigenvalue weighted by atomic mass is 32.2. The molecule has 0 aliphatic heterocycles. The van der Waals surface area contributed by atoms with Gasteiger partial charge in [-0.3, -0.25) is 0 Å². The number of halogens is 1. The summed E-state index contributed by atoms with van der Waals surface area (Å²) >= 11 is 0. The third-order valence-corrected chi connectivity index (χ3v) is 5.46. The minimum atomic E-state index is -3.40. The summed E-state index contributed by atoms with van der Waals surface area (Å²) in [4.78, 5) is 0. The fraction of sp³-hybridized carbons (Fsp3) is 0.467. The first-order valence-corrected chi connectivity index (χ1v) is 8.44. The molecule has 0 atom stereocenters. The highest BCUT2D eigenvalue weighted by Gasteiger charge is 2.28. The van der Waals surface area contributed by atoms with Crippen LogP contribution in [-0.4, -0.2) is 25.4 Å². The van der Waals surface area contributed by atoms with E-state index in [0.717, 1.165) is 12.8 Å². The summed E-state index contributed by atoms with van der Waals surface area (Å²) in [7, 11) is -3.40. The van der Waals surface area contributed by atoms with Crippen molar-refractivity contribution >= 4 is 10.0 Å². The molecular weight excluding hydrogens is 293 g/mol. The lowest BCUT2D eigenvalue weighted by atomic mass is 10.1. The molecule has 4 nitrogen and oxygen atoms in total. The molecule has 1 fully saturated rings. The first-order valence-electron chi connectivity index (χ1n) is 6.89. The van der Waals surface area contributed by atoms with Crippen molar-refractivity contribution in [1.29, 1.82) is 0 Å². The predicted molar refractivity (Wildman–Crippen MR) is 78.4 cm³/mol. The van der Waals surface area contributed by atoms with E-state index in [4.69, 9.17) is 5.11 Å². The average Bonchev–Trinajstić information content (AvgIpc) is 3.00. The molecule has 1 aromatic rings. The molecule has 0 amide bonds. The largest absolute Gasteiger partial charge is 0.384 e. The highest BCUT2D eigenvalue weighted by molar-refractivity contribution is 7.90. The topological polar surface area (TPSA) is 66.4 Å². The van der Waals surface area contributed by atoms with Gasteiger partial charge >= 0.3 is 0 Å². The van der Waals surface area contributed by atoms with Gasteiger partial charge in [0.1, 0.15) is 12.4 Å². The maximum Gasteiger partial charge on any atom is 0.214 e. The number of aliphatic hydroxyl groups is 1. The van der Waals surface area contributed by atoms with Crippen LogP contribution in [0.1, 0.15) is 36.8 Å². The number of hydrogen-bond donors (Lipinski definition) is 2. The molecule has 2 rings (SSSR count). The standard InChI is InChI=1S/C15H18FNO3S/c16-15-8-7-12(4-3-9-18)10-13(15)11-17-21(19,20)14-5-1-2-6-14/h7-8,10,14,17-18H,1-2,5-6,9,11H2. The average molecular weight is 311 g/mol. The molecule has 0 unspecified atom stereocenters. The summed E-state index contributed by atoms with van der Waals surface area (Å²) in [5, 5.41) is 8.28. The summed E-state index contributed by atoms with van der Waals surface area (Å²) in [6.45, 7) is -0.361. The highest BCUT2D eigenvalue weighted by Crippen LogP contribution is 2.24. The Balaban J connectivity index is 2.08. The van der Waals surface area contributed by atoms with Crippen LogP contribution < -0.4 is 4.72 Å². The third-order valence-electron chi connectivity index (χ3n) is 3.56. The number of aliphatic hydroxyl groups excluding tert-OH is 1. The molecule has 1 saturated carbocycles. The lowest BCUT2D eigenvalue weighted by molar-refractivity contribution is 0.350. The molecule has 2 N–H and O–H groups in total. The van der Waals surface area contributed by atoms with Gasteiger partial charge in [-0.15, -0.1) is 0 Å². The van der Waals surface area contributed by atoms with E-state index >= 15 is 0 Å². The zero-order valence-electron chi connectivity index (χ0n) is 11.6. The number of rotatable bonds is 4. The monoisotopic (exact) mass is 311 g/mol. The van der Waals surface area contributed by atoms with Crippen LogP contribution in [0.5, 0.6) is 0 Å². The Hall–Kier alpha value is -1.42. The van der Waals surface area contributed by atoms with Crippen LogP contribution in [0, 0.1) is 17.7 Å². The molecule has 0 spiro atoms. The van der Waals surface area contributed by atoms with Gasteiger partial charge < -0.3 is 5.11 Å². The summed E-state index contributed by atoms with van der Waals surface area (Å²) in [6, 6.07) is 4.24. The second-order valence-corrected chi connectivity index (χ2v) is 7.08. The van der Waals surface area contributed by atoms with Gasteiger partial charge in [0.15, 0.2) is 0 Å². The second-order valence-electron chi connectivity index (χ2n) is 5.04. The minimum Gasteiger partial charge on any atom is -0.384 e. The quantitative estimate of drug-likeness (QED) is 0.829. The van der Waals surface area contributed by atoms with Crippen LogP contribution in [0.4, 0.5) is 4.39 Å². The Morgan fingerprint density at radius 1 is 1.33 bits per heavy atom. The van der Waals surface area contributed by atoms with Crippen molar-refractivity contribution in [2.75, 3.05) is 6.61 Å². The molecule has 1 aliphatic carbocycles. The van der Waals surface area contributed by atoms with Crippen molar-refractivity contribution in [2.45, 2.75) is 37.5 Å². The molecule has 0 heterocycles. The summed E-state index contributed by atoms with van der Waals surface area (Å²) in [6.07, 6.45) is 3.18. The Bertz CT molecular complexity index is 655.